The second kappa shape index (κ2) is 7.88. The molecule has 1 saturated heterocycles. The van der Waals surface area contributed by atoms with Crippen LogP contribution in [0.25, 0.3) is 22.3 Å². The third kappa shape index (κ3) is 3.85. The number of amides is 1. The number of aryl methyl sites for hydroxylation is 1. The summed E-state index contributed by atoms with van der Waals surface area (Å²) in [6.07, 6.45) is 3.61. The molecular formula is C21H22FN3O2. The van der Waals surface area contributed by atoms with Crippen molar-refractivity contribution in [3.05, 3.63) is 54.0 Å². The average molecular weight is 367 g/mol. The van der Waals surface area contributed by atoms with Crippen LogP contribution in [0.1, 0.15) is 18.4 Å². The van der Waals surface area contributed by atoms with Crippen LogP contribution in [0.2, 0.25) is 0 Å². The Hall–Kier alpha value is -2.73. The summed E-state index contributed by atoms with van der Waals surface area (Å²) in [7, 11) is 0. The minimum absolute atomic E-state index is 0.156. The van der Waals surface area contributed by atoms with Gasteiger partial charge in [-0.3, -0.25) is 9.78 Å². The summed E-state index contributed by atoms with van der Waals surface area (Å²) < 4.78 is 19.1. The summed E-state index contributed by atoms with van der Waals surface area (Å²) in [6, 6.07) is 10.5. The number of pyridine rings is 1. The maximum Gasteiger partial charge on any atom is 0.222 e. The number of rotatable bonds is 5. The Morgan fingerprint density at radius 1 is 1.22 bits per heavy atom. The van der Waals surface area contributed by atoms with Gasteiger partial charge in [0.15, 0.2) is 0 Å². The molecule has 6 heteroatoms. The minimum atomic E-state index is -0.264. The van der Waals surface area contributed by atoms with Gasteiger partial charge in [0.1, 0.15) is 5.82 Å². The zero-order chi connectivity index (χ0) is 18.6. The fourth-order valence-electron chi connectivity index (χ4n) is 3.60. The van der Waals surface area contributed by atoms with Gasteiger partial charge >= 0.3 is 0 Å². The molecule has 4 rings (SSSR count). The number of benzene rings is 1. The van der Waals surface area contributed by atoms with Crippen LogP contribution in [0.5, 0.6) is 0 Å². The fraction of sp³-hybridized carbons (Fsp3) is 0.333. The number of hydrogen-bond acceptors (Lipinski definition) is 3. The Labute approximate surface area is 157 Å². The number of nitrogens with zero attached hydrogens (tertiary/aromatic N) is 2. The van der Waals surface area contributed by atoms with Gasteiger partial charge in [-0.2, -0.15) is 0 Å². The van der Waals surface area contributed by atoms with Crippen LogP contribution in [-0.4, -0.2) is 47.1 Å². The van der Waals surface area contributed by atoms with E-state index in [4.69, 9.17) is 4.74 Å². The first-order chi connectivity index (χ1) is 13.2. The Morgan fingerprint density at radius 3 is 2.85 bits per heavy atom. The summed E-state index contributed by atoms with van der Waals surface area (Å²) >= 11 is 0. The van der Waals surface area contributed by atoms with Gasteiger partial charge in [0.2, 0.25) is 5.91 Å². The van der Waals surface area contributed by atoms with Gasteiger partial charge in [0.25, 0.3) is 0 Å². The van der Waals surface area contributed by atoms with Crippen molar-refractivity contribution in [3.8, 4) is 11.4 Å². The minimum Gasteiger partial charge on any atom is -0.378 e. The molecule has 1 aromatic carbocycles. The van der Waals surface area contributed by atoms with E-state index >= 15 is 0 Å². The van der Waals surface area contributed by atoms with E-state index in [0.29, 0.717) is 45.6 Å². The van der Waals surface area contributed by atoms with Gasteiger partial charge in [-0.05, 0) is 48.7 Å². The van der Waals surface area contributed by atoms with Crippen molar-refractivity contribution in [2.24, 2.45) is 0 Å². The lowest BCUT2D eigenvalue weighted by Gasteiger charge is -2.26. The molecule has 1 fully saturated rings. The molecule has 3 heterocycles. The topological polar surface area (TPSA) is 58.2 Å². The number of hydrogen-bond donors (Lipinski definition) is 1. The second-order valence-electron chi connectivity index (χ2n) is 6.73. The van der Waals surface area contributed by atoms with Crippen molar-refractivity contribution in [2.45, 2.75) is 19.3 Å². The molecule has 1 aliphatic heterocycles. The zero-order valence-electron chi connectivity index (χ0n) is 15.1. The fourth-order valence-corrected chi connectivity index (χ4v) is 3.60. The van der Waals surface area contributed by atoms with Crippen molar-refractivity contribution in [1.29, 1.82) is 0 Å². The van der Waals surface area contributed by atoms with E-state index in [9.17, 15) is 9.18 Å². The van der Waals surface area contributed by atoms with E-state index < -0.39 is 0 Å². The van der Waals surface area contributed by atoms with Crippen molar-refractivity contribution in [2.75, 3.05) is 26.3 Å². The van der Waals surface area contributed by atoms with Crippen molar-refractivity contribution in [1.82, 2.24) is 14.9 Å². The van der Waals surface area contributed by atoms with E-state index in [1.165, 1.54) is 6.07 Å². The van der Waals surface area contributed by atoms with Crippen LogP contribution in [0, 0.1) is 5.82 Å². The van der Waals surface area contributed by atoms with Crippen molar-refractivity contribution < 1.29 is 13.9 Å². The third-order valence-corrected chi connectivity index (χ3v) is 4.97. The van der Waals surface area contributed by atoms with Crippen LogP contribution in [0.4, 0.5) is 4.39 Å². The predicted molar refractivity (Wildman–Crippen MR) is 102 cm³/mol. The van der Waals surface area contributed by atoms with E-state index in [1.807, 2.05) is 23.1 Å². The van der Waals surface area contributed by atoms with E-state index in [0.717, 1.165) is 27.9 Å². The highest BCUT2D eigenvalue weighted by Crippen LogP contribution is 2.31. The molecule has 0 unspecified atom stereocenters. The van der Waals surface area contributed by atoms with Gasteiger partial charge in [-0.15, -0.1) is 0 Å². The zero-order valence-corrected chi connectivity index (χ0v) is 15.1. The number of aromatic nitrogens is 2. The molecular weight excluding hydrogens is 345 g/mol. The largest absolute Gasteiger partial charge is 0.378 e. The van der Waals surface area contributed by atoms with Gasteiger partial charge < -0.3 is 14.6 Å². The van der Waals surface area contributed by atoms with Gasteiger partial charge in [0, 0.05) is 36.6 Å². The monoisotopic (exact) mass is 367 g/mol. The van der Waals surface area contributed by atoms with Gasteiger partial charge in [0.05, 0.1) is 24.6 Å². The van der Waals surface area contributed by atoms with Crippen LogP contribution in [0.15, 0.2) is 42.6 Å². The first-order valence-electron chi connectivity index (χ1n) is 9.29. The van der Waals surface area contributed by atoms with Crippen LogP contribution >= 0.6 is 0 Å². The predicted octanol–water partition coefficient (Wildman–Crippen LogP) is 3.55. The molecule has 1 amide bonds. The number of aromatic amines is 1. The molecule has 140 valence electrons. The normalized spacial score (nSPS) is 14.6. The quantitative estimate of drug-likeness (QED) is 0.750. The lowest BCUT2D eigenvalue weighted by atomic mass is 10.0. The number of ether oxygens (including phenoxy) is 1. The summed E-state index contributed by atoms with van der Waals surface area (Å²) in [4.78, 5) is 22.0. The molecule has 0 spiro atoms. The number of carbonyl (C=O) groups is 1. The molecule has 0 saturated carbocycles. The van der Waals surface area contributed by atoms with Gasteiger partial charge in [-0.1, -0.05) is 6.07 Å². The van der Waals surface area contributed by atoms with E-state index in [-0.39, 0.29) is 11.7 Å². The molecule has 27 heavy (non-hydrogen) atoms. The summed E-state index contributed by atoms with van der Waals surface area (Å²) in [5.41, 5.74) is 3.61. The van der Waals surface area contributed by atoms with E-state index in [1.54, 1.807) is 18.3 Å². The van der Waals surface area contributed by atoms with Crippen LogP contribution in [0.3, 0.4) is 0 Å². The maximum absolute atomic E-state index is 13.8. The maximum atomic E-state index is 13.8. The molecule has 1 N–H and O–H groups in total. The highest BCUT2D eigenvalue weighted by molar-refractivity contribution is 5.90. The molecule has 0 aliphatic carbocycles. The molecule has 3 aromatic rings. The first kappa shape index (κ1) is 17.7. The SMILES string of the molecule is O=C(CCCc1c(-c2ccccn2)[nH]c2ccc(F)cc12)N1CCOCC1. The Kier molecular flexibility index (Phi) is 5.16. The summed E-state index contributed by atoms with van der Waals surface area (Å²) in [5, 5.41) is 0.856. The highest BCUT2D eigenvalue weighted by Gasteiger charge is 2.18. The number of morpholine rings is 1. The molecule has 0 bridgehead atoms. The number of halogens is 1. The lowest BCUT2D eigenvalue weighted by Crippen LogP contribution is -2.40. The molecule has 1 aliphatic rings. The van der Waals surface area contributed by atoms with Crippen molar-refractivity contribution >= 4 is 16.8 Å². The van der Waals surface area contributed by atoms with E-state index in [2.05, 4.69) is 9.97 Å². The lowest BCUT2D eigenvalue weighted by molar-refractivity contribution is -0.135. The van der Waals surface area contributed by atoms with Crippen LogP contribution < -0.4 is 0 Å². The summed E-state index contributed by atoms with van der Waals surface area (Å²) in [5.74, 6) is -0.108. The Balaban J connectivity index is 1.56. The molecule has 0 atom stereocenters. The standard InChI is InChI=1S/C21H22FN3O2/c22-15-7-8-18-17(14-15)16(21(24-18)19-5-1-2-9-23-19)4-3-6-20(26)25-10-12-27-13-11-25/h1-2,5,7-9,14,24H,3-4,6,10-13H2. The smallest absolute Gasteiger partial charge is 0.222 e. The number of carbonyl (C=O) groups excluding carboxylic acids is 1. The number of fused-ring (bicyclic) bond motifs is 1. The molecule has 2 aromatic heterocycles. The Morgan fingerprint density at radius 2 is 2.07 bits per heavy atom. The third-order valence-electron chi connectivity index (χ3n) is 4.97. The number of nitrogens with one attached hydrogen (secondary N) is 1. The Bertz CT molecular complexity index is 933. The first-order valence-corrected chi connectivity index (χ1v) is 9.29. The summed E-state index contributed by atoms with van der Waals surface area (Å²) in [6.45, 7) is 2.54. The molecule has 0 radical (unpaired) electrons. The molecule has 5 nitrogen and oxygen atoms in total. The van der Waals surface area contributed by atoms with Crippen LogP contribution in [-0.2, 0) is 16.0 Å². The second-order valence-corrected chi connectivity index (χ2v) is 6.73. The average Bonchev–Trinajstić information content (AvgIpc) is 3.07. The van der Waals surface area contributed by atoms with Crippen molar-refractivity contribution in [3.63, 3.8) is 0 Å². The van der Waals surface area contributed by atoms with Gasteiger partial charge in [-0.25, -0.2) is 4.39 Å². The number of H-pyrrole nitrogens is 1. The highest BCUT2D eigenvalue weighted by atomic mass is 19.1.